The molecule has 9 heteroatoms. The summed E-state index contributed by atoms with van der Waals surface area (Å²) in [4.78, 5) is 12.8. The second kappa shape index (κ2) is 10.3. The van der Waals surface area contributed by atoms with E-state index in [-0.39, 0.29) is 12.4 Å². The van der Waals surface area contributed by atoms with Crippen molar-refractivity contribution < 1.29 is 17.9 Å². The number of esters is 1. The van der Waals surface area contributed by atoms with Crippen LogP contribution in [0.4, 0.5) is 0 Å². The Labute approximate surface area is 202 Å². The maximum absolute atomic E-state index is 12.8. The number of ether oxygens (including phenoxy) is 1. The molecule has 0 unspecified atom stereocenters. The van der Waals surface area contributed by atoms with Crippen LogP contribution in [0.2, 0.25) is 15.1 Å². The SMILES string of the molecule is CCOC(=O)c1cc(-c2ccc(Cl)cc2Cl)c(-c2ccc(Cl)cc2)n1CCCS(C)(=O)=O. The Morgan fingerprint density at radius 2 is 1.62 bits per heavy atom. The van der Waals surface area contributed by atoms with Crippen molar-refractivity contribution in [1.29, 1.82) is 0 Å². The predicted octanol–water partition coefficient (Wildman–Crippen LogP) is 6.39. The number of hydrogen-bond acceptors (Lipinski definition) is 4. The number of carbonyl (C=O) groups is 1. The van der Waals surface area contributed by atoms with Gasteiger partial charge in [0.1, 0.15) is 15.5 Å². The Bertz CT molecular complexity index is 1230. The number of nitrogens with zero attached hydrogens (tertiary/aromatic N) is 1. The van der Waals surface area contributed by atoms with Gasteiger partial charge in [-0.05, 0) is 49.2 Å². The normalized spacial score (nSPS) is 11.5. The topological polar surface area (TPSA) is 65.4 Å². The third-order valence-electron chi connectivity index (χ3n) is 4.82. The summed E-state index contributed by atoms with van der Waals surface area (Å²) in [6.45, 7) is 2.23. The van der Waals surface area contributed by atoms with E-state index >= 15 is 0 Å². The first-order valence-corrected chi connectivity index (χ1v) is 13.1. The van der Waals surface area contributed by atoms with Crippen LogP contribution < -0.4 is 0 Å². The summed E-state index contributed by atoms with van der Waals surface area (Å²) in [5.41, 5.74) is 3.21. The lowest BCUT2D eigenvalue weighted by atomic mass is 10.0. The minimum absolute atomic E-state index is 0.00939. The van der Waals surface area contributed by atoms with Crippen molar-refractivity contribution in [2.24, 2.45) is 0 Å². The van der Waals surface area contributed by atoms with Gasteiger partial charge in [0.2, 0.25) is 0 Å². The highest BCUT2D eigenvalue weighted by atomic mass is 35.5. The van der Waals surface area contributed by atoms with Gasteiger partial charge in [0.05, 0.1) is 18.1 Å². The van der Waals surface area contributed by atoms with Crippen LogP contribution in [0.15, 0.2) is 48.5 Å². The summed E-state index contributed by atoms with van der Waals surface area (Å²) in [6.07, 6.45) is 1.52. The van der Waals surface area contributed by atoms with E-state index in [1.54, 1.807) is 47.9 Å². The molecule has 0 aliphatic carbocycles. The third kappa shape index (κ3) is 5.87. The molecule has 3 aromatic rings. The van der Waals surface area contributed by atoms with Gasteiger partial charge < -0.3 is 9.30 Å². The lowest BCUT2D eigenvalue weighted by molar-refractivity contribution is 0.0514. The molecule has 3 rings (SSSR count). The van der Waals surface area contributed by atoms with Crippen molar-refractivity contribution in [3.05, 3.63) is 69.3 Å². The molecule has 1 aromatic heterocycles. The number of carbonyl (C=O) groups excluding carboxylic acids is 1. The fraction of sp³-hybridized carbons (Fsp3) is 0.261. The van der Waals surface area contributed by atoms with Gasteiger partial charge in [0.15, 0.2) is 0 Å². The van der Waals surface area contributed by atoms with Crippen LogP contribution in [0.1, 0.15) is 23.8 Å². The first kappa shape index (κ1) is 24.6. The second-order valence-corrected chi connectivity index (χ2v) is 10.8. The summed E-state index contributed by atoms with van der Waals surface area (Å²) in [5, 5.41) is 1.49. The van der Waals surface area contributed by atoms with E-state index in [0.29, 0.717) is 50.5 Å². The van der Waals surface area contributed by atoms with Crippen molar-refractivity contribution in [2.45, 2.75) is 19.9 Å². The number of halogens is 3. The minimum atomic E-state index is -3.16. The van der Waals surface area contributed by atoms with E-state index in [1.807, 2.05) is 12.1 Å². The lowest BCUT2D eigenvalue weighted by Gasteiger charge is -2.15. The summed E-state index contributed by atoms with van der Waals surface area (Å²) in [7, 11) is -3.16. The van der Waals surface area contributed by atoms with Crippen LogP contribution in [0.5, 0.6) is 0 Å². The van der Waals surface area contributed by atoms with Crippen LogP contribution in [0.25, 0.3) is 22.4 Å². The average Bonchev–Trinajstić information content (AvgIpc) is 3.07. The first-order chi connectivity index (χ1) is 15.1. The molecule has 0 aliphatic rings. The third-order valence-corrected chi connectivity index (χ3v) is 6.65. The highest BCUT2D eigenvalue weighted by Gasteiger charge is 2.24. The molecule has 0 N–H and O–H groups in total. The number of sulfone groups is 1. The van der Waals surface area contributed by atoms with E-state index < -0.39 is 15.8 Å². The van der Waals surface area contributed by atoms with Crippen molar-refractivity contribution in [3.63, 3.8) is 0 Å². The van der Waals surface area contributed by atoms with E-state index in [4.69, 9.17) is 39.5 Å². The molecule has 0 fully saturated rings. The van der Waals surface area contributed by atoms with Crippen molar-refractivity contribution in [2.75, 3.05) is 18.6 Å². The standard InChI is InChI=1S/C23H22Cl3NO4S/c1-3-31-23(28)21-14-19(18-10-9-17(25)13-20(18)26)22(15-5-7-16(24)8-6-15)27(21)11-4-12-32(2,29)30/h5-10,13-14H,3-4,11-12H2,1-2H3. The van der Waals surface area contributed by atoms with E-state index in [1.165, 1.54) is 6.26 Å². The molecule has 0 spiro atoms. The molecular formula is C23H22Cl3NO4S. The number of hydrogen-bond donors (Lipinski definition) is 0. The molecule has 1 heterocycles. The summed E-state index contributed by atoms with van der Waals surface area (Å²) < 4.78 is 30.4. The van der Waals surface area contributed by atoms with Gasteiger partial charge in [-0.15, -0.1) is 0 Å². The molecule has 32 heavy (non-hydrogen) atoms. The minimum Gasteiger partial charge on any atom is -0.461 e. The summed E-state index contributed by atoms with van der Waals surface area (Å²) in [6, 6.07) is 14.0. The monoisotopic (exact) mass is 513 g/mol. The van der Waals surface area contributed by atoms with Crippen LogP contribution in [0, 0.1) is 0 Å². The molecule has 0 atom stereocenters. The van der Waals surface area contributed by atoms with Gasteiger partial charge in [-0.25, -0.2) is 13.2 Å². The van der Waals surface area contributed by atoms with E-state index in [0.717, 1.165) is 5.56 Å². The Kier molecular flexibility index (Phi) is 7.93. The predicted molar refractivity (Wildman–Crippen MR) is 131 cm³/mol. The molecule has 0 bridgehead atoms. The first-order valence-electron chi connectivity index (χ1n) is 9.90. The Morgan fingerprint density at radius 1 is 0.969 bits per heavy atom. The van der Waals surface area contributed by atoms with Gasteiger partial charge in [-0.2, -0.15) is 0 Å². The van der Waals surface area contributed by atoms with Crippen LogP contribution >= 0.6 is 34.8 Å². The summed E-state index contributed by atoms with van der Waals surface area (Å²) in [5.74, 6) is -0.511. The quantitative estimate of drug-likeness (QED) is 0.327. The zero-order chi connectivity index (χ0) is 23.5. The van der Waals surface area contributed by atoms with Gasteiger partial charge in [-0.1, -0.05) is 53.0 Å². The molecule has 0 radical (unpaired) electrons. The van der Waals surface area contributed by atoms with Crippen LogP contribution in [-0.2, 0) is 21.1 Å². The highest BCUT2D eigenvalue weighted by molar-refractivity contribution is 7.90. The molecule has 0 saturated carbocycles. The maximum atomic E-state index is 12.8. The molecule has 5 nitrogen and oxygen atoms in total. The molecule has 0 aliphatic heterocycles. The zero-order valence-electron chi connectivity index (χ0n) is 17.6. The molecule has 0 amide bonds. The van der Waals surface area contributed by atoms with Gasteiger partial charge >= 0.3 is 5.97 Å². The van der Waals surface area contributed by atoms with Crippen LogP contribution in [-0.4, -0.2) is 37.6 Å². The van der Waals surface area contributed by atoms with Gasteiger partial charge in [0, 0.05) is 39.0 Å². The molecule has 0 saturated heterocycles. The Hall–Kier alpha value is -1.99. The number of benzene rings is 2. The van der Waals surface area contributed by atoms with Gasteiger partial charge in [-0.3, -0.25) is 0 Å². The largest absolute Gasteiger partial charge is 0.461 e. The molecule has 2 aromatic carbocycles. The van der Waals surface area contributed by atoms with E-state index in [9.17, 15) is 13.2 Å². The van der Waals surface area contributed by atoms with Crippen molar-refractivity contribution in [1.82, 2.24) is 4.57 Å². The fourth-order valence-electron chi connectivity index (χ4n) is 3.47. The van der Waals surface area contributed by atoms with Crippen molar-refractivity contribution >= 4 is 50.6 Å². The summed E-state index contributed by atoms with van der Waals surface area (Å²) >= 11 is 18.7. The molecule has 170 valence electrons. The van der Waals surface area contributed by atoms with Crippen LogP contribution in [0.3, 0.4) is 0 Å². The number of aromatic nitrogens is 1. The Balaban J connectivity index is 2.25. The second-order valence-electron chi connectivity index (χ2n) is 7.28. The van der Waals surface area contributed by atoms with Gasteiger partial charge in [0.25, 0.3) is 0 Å². The number of rotatable bonds is 8. The molecular weight excluding hydrogens is 493 g/mol. The smallest absolute Gasteiger partial charge is 0.354 e. The van der Waals surface area contributed by atoms with Crippen molar-refractivity contribution in [3.8, 4) is 22.4 Å². The lowest BCUT2D eigenvalue weighted by Crippen LogP contribution is -2.15. The highest BCUT2D eigenvalue weighted by Crippen LogP contribution is 2.40. The zero-order valence-corrected chi connectivity index (χ0v) is 20.7. The van der Waals surface area contributed by atoms with E-state index in [2.05, 4.69) is 0 Å². The maximum Gasteiger partial charge on any atom is 0.354 e. The average molecular weight is 515 g/mol. The Morgan fingerprint density at radius 3 is 2.22 bits per heavy atom. The fourth-order valence-corrected chi connectivity index (χ4v) is 4.76.